The van der Waals surface area contributed by atoms with Crippen LogP contribution in [0.4, 0.5) is 0 Å². The maximum atomic E-state index is 11.4. The Labute approximate surface area is 231 Å². The Morgan fingerprint density at radius 2 is 1.35 bits per heavy atom. The minimum atomic E-state index is -4.57. The number of benzene rings is 2. The predicted octanol–water partition coefficient (Wildman–Crippen LogP) is 4.24. The quantitative estimate of drug-likeness (QED) is 0.222. The van der Waals surface area contributed by atoms with Crippen molar-refractivity contribution in [2.24, 2.45) is 0 Å². The van der Waals surface area contributed by atoms with Crippen LogP contribution >= 0.6 is 0 Å². The van der Waals surface area contributed by atoms with Gasteiger partial charge in [0, 0.05) is 0 Å². The van der Waals surface area contributed by atoms with Crippen LogP contribution < -0.4 is 56.1 Å². The Morgan fingerprint density at radius 1 is 0.774 bits per heavy atom. The van der Waals surface area contributed by atoms with Crippen LogP contribution in [0.3, 0.4) is 0 Å². The number of aryl methyl sites for hydroxylation is 1. The van der Waals surface area contributed by atoms with E-state index in [9.17, 15) is 13.0 Å². The molecule has 0 atom stereocenters. The van der Waals surface area contributed by atoms with Crippen molar-refractivity contribution in [3.63, 3.8) is 0 Å². The van der Waals surface area contributed by atoms with E-state index in [1.165, 1.54) is 82.4 Å². The Bertz CT molecular complexity index is 852. The minimum Gasteiger partial charge on any atom is -0.744 e. The van der Waals surface area contributed by atoms with Gasteiger partial charge in [-0.15, -0.1) is 0 Å². The molecular weight excluding hydrogens is 435 g/mol. The Hall–Kier alpha value is -0.214. The summed E-state index contributed by atoms with van der Waals surface area (Å²) >= 11 is 0. The molecule has 2 aromatic rings. The average Bonchev–Trinajstić information content (AvgIpc) is 2.72. The number of hydrogen-bond donors (Lipinski definition) is 0. The fraction of sp³-hybridized carbons (Fsp3) is 0.520. The van der Waals surface area contributed by atoms with Crippen molar-refractivity contribution in [3.05, 3.63) is 54.1 Å². The first-order chi connectivity index (χ1) is 14.5. The molecular formula is C25H35KO4S. The molecule has 0 bridgehead atoms. The third-order valence-electron chi connectivity index (χ3n) is 5.31. The fourth-order valence-corrected chi connectivity index (χ4v) is 4.23. The first kappa shape index (κ1) is 28.8. The summed E-state index contributed by atoms with van der Waals surface area (Å²) in [4.78, 5) is -0.333. The fourth-order valence-electron chi connectivity index (χ4n) is 3.63. The van der Waals surface area contributed by atoms with Crippen molar-refractivity contribution in [1.82, 2.24) is 0 Å². The molecule has 0 spiro atoms. The van der Waals surface area contributed by atoms with Gasteiger partial charge in [-0.25, -0.2) is 8.42 Å². The molecule has 0 aromatic heterocycles. The van der Waals surface area contributed by atoms with Gasteiger partial charge in [0.1, 0.15) is 21.6 Å². The predicted molar refractivity (Wildman–Crippen MR) is 121 cm³/mol. The van der Waals surface area contributed by atoms with E-state index >= 15 is 0 Å². The molecule has 0 aliphatic carbocycles. The van der Waals surface area contributed by atoms with Crippen LogP contribution in [0.1, 0.15) is 83.1 Å². The first-order valence-electron chi connectivity index (χ1n) is 11.3. The van der Waals surface area contributed by atoms with Crippen molar-refractivity contribution in [2.45, 2.75) is 88.9 Å². The van der Waals surface area contributed by atoms with E-state index < -0.39 is 10.1 Å². The number of unbranched alkanes of at least 4 members (excludes halogenated alkanes) is 10. The summed E-state index contributed by atoms with van der Waals surface area (Å²) in [6, 6.07) is 13.6. The summed E-state index contributed by atoms with van der Waals surface area (Å²) in [7, 11) is -4.57. The number of rotatable bonds is 15. The van der Waals surface area contributed by atoms with Crippen LogP contribution in [-0.4, -0.2) is 13.0 Å². The van der Waals surface area contributed by atoms with Crippen molar-refractivity contribution in [3.8, 4) is 11.5 Å². The molecule has 0 amide bonds. The molecule has 2 rings (SSSR count). The van der Waals surface area contributed by atoms with Crippen LogP contribution in [0.25, 0.3) is 0 Å². The van der Waals surface area contributed by atoms with Gasteiger partial charge >= 0.3 is 51.4 Å². The van der Waals surface area contributed by atoms with Crippen molar-refractivity contribution in [2.75, 3.05) is 0 Å². The van der Waals surface area contributed by atoms with Gasteiger partial charge in [-0.05, 0) is 42.7 Å². The summed E-state index contributed by atoms with van der Waals surface area (Å²) in [5, 5.41) is 0. The second-order valence-electron chi connectivity index (χ2n) is 7.94. The summed E-state index contributed by atoms with van der Waals surface area (Å²) in [5.74, 6) is 0.617. The minimum absolute atomic E-state index is 0. The van der Waals surface area contributed by atoms with Gasteiger partial charge in [0.2, 0.25) is 0 Å². The van der Waals surface area contributed by atoms with Crippen LogP contribution in [0.15, 0.2) is 53.4 Å². The molecule has 4 nitrogen and oxygen atoms in total. The monoisotopic (exact) mass is 470 g/mol. The number of ether oxygens (including phenoxy) is 1. The topological polar surface area (TPSA) is 66.4 Å². The normalized spacial score (nSPS) is 11.2. The van der Waals surface area contributed by atoms with Crippen molar-refractivity contribution >= 4 is 10.1 Å². The summed E-state index contributed by atoms with van der Waals surface area (Å²) in [6.45, 7) is 2.25. The van der Waals surface area contributed by atoms with E-state index in [1.807, 2.05) is 12.1 Å². The smallest absolute Gasteiger partial charge is 0.744 e. The molecule has 0 aliphatic heterocycles. The third kappa shape index (κ3) is 12.0. The summed E-state index contributed by atoms with van der Waals surface area (Å²) in [5.41, 5.74) is 1.16. The van der Waals surface area contributed by atoms with Crippen molar-refractivity contribution in [1.29, 1.82) is 0 Å². The Balaban J connectivity index is 0.00000480. The second kappa shape index (κ2) is 16.4. The Morgan fingerprint density at radius 3 is 1.97 bits per heavy atom. The molecule has 0 radical (unpaired) electrons. The molecule has 0 N–H and O–H groups in total. The first-order valence-corrected chi connectivity index (χ1v) is 12.7. The number of hydrogen-bond acceptors (Lipinski definition) is 4. The molecule has 166 valence electrons. The van der Waals surface area contributed by atoms with Crippen molar-refractivity contribution < 1.29 is 69.1 Å². The van der Waals surface area contributed by atoms with Crippen LogP contribution in [0, 0.1) is 0 Å². The van der Waals surface area contributed by atoms with E-state index in [0.717, 1.165) is 18.4 Å². The van der Waals surface area contributed by atoms with Crippen LogP contribution in [-0.2, 0) is 16.5 Å². The second-order valence-corrected chi connectivity index (χ2v) is 9.28. The van der Waals surface area contributed by atoms with Gasteiger partial charge in [0.15, 0.2) is 0 Å². The van der Waals surface area contributed by atoms with Crippen LogP contribution in [0.2, 0.25) is 0 Å². The van der Waals surface area contributed by atoms with Gasteiger partial charge in [-0.2, -0.15) is 0 Å². The molecule has 0 heterocycles. The van der Waals surface area contributed by atoms with Gasteiger partial charge in [-0.1, -0.05) is 95.4 Å². The maximum Gasteiger partial charge on any atom is 1.00 e. The van der Waals surface area contributed by atoms with Crippen LogP contribution in [0.5, 0.6) is 11.5 Å². The van der Waals surface area contributed by atoms with E-state index in [-0.39, 0.29) is 62.0 Å². The molecule has 6 heteroatoms. The summed E-state index contributed by atoms with van der Waals surface area (Å²) < 4.78 is 39.9. The molecule has 0 saturated heterocycles. The molecule has 2 aromatic carbocycles. The van der Waals surface area contributed by atoms with Gasteiger partial charge in [-0.3, -0.25) is 0 Å². The van der Waals surface area contributed by atoms with E-state index in [4.69, 9.17) is 4.74 Å². The zero-order valence-electron chi connectivity index (χ0n) is 19.1. The number of para-hydroxylation sites is 1. The van der Waals surface area contributed by atoms with E-state index in [2.05, 4.69) is 13.0 Å². The summed E-state index contributed by atoms with van der Waals surface area (Å²) in [6.07, 6.45) is 15.5. The molecule has 0 fully saturated rings. The Kier molecular flexibility index (Phi) is 15.3. The third-order valence-corrected chi connectivity index (χ3v) is 6.19. The largest absolute Gasteiger partial charge is 1.00 e. The van der Waals surface area contributed by atoms with Gasteiger partial charge in [0.25, 0.3) is 0 Å². The molecule has 0 unspecified atom stereocenters. The van der Waals surface area contributed by atoms with E-state index in [1.54, 1.807) is 12.1 Å². The zero-order valence-corrected chi connectivity index (χ0v) is 23.1. The molecule has 0 aliphatic rings. The van der Waals surface area contributed by atoms with Gasteiger partial charge in [0.05, 0.1) is 4.90 Å². The molecule has 0 saturated carbocycles. The standard InChI is InChI=1S/C25H36O4S.K/c1-2-3-4-5-6-7-8-9-10-11-12-16-22-17-15-18-23(21-22)29-24-19-13-14-20-25(24)30(26,27)28;/h13-15,17-21H,2-12,16H2,1H3,(H,26,27,28);/q;+1/p-1. The van der Waals surface area contributed by atoms with E-state index in [0.29, 0.717) is 5.75 Å². The zero-order chi connectivity index (χ0) is 21.7. The maximum absolute atomic E-state index is 11.4. The van der Waals surface area contributed by atoms with Gasteiger partial charge < -0.3 is 9.29 Å². The molecule has 31 heavy (non-hydrogen) atoms. The SMILES string of the molecule is CCCCCCCCCCCCCc1cccc(Oc2ccccc2S(=O)(=O)[O-])c1.[K+]. The average molecular weight is 471 g/mol.